The lowest BCUT2D eigenvalue weighted by Crippen LogP contribution is -2.39. The zero-order chi connectivity index (χ0) is 9.68. The molecule has 2 atom stereocenters. The smallest absolute Gasteiger partial charge is 0.0385 e. The minimum Gasteiger partial charge on any atom is -0.315 e. The maximum absolute atomic E-state index is 11.1. The van der Waals surface area contributed by atoms with Crippen LogP contribution in [0.5, 0.6) is 0 Å². The molecule has 0 spiro atoms. The number of nitrogens with one attached hydrogen (secondary N) is 1. The van der Waals surface area contributed by atoms with Crippen LogP contribution in [0.1, 0.15) is 13.3 Å². The van der Waals surface area contributed by atoms with Gasteiger partial charge >= 0.3 is 0 Å². The Kier molecular flexibility index (Phi) is 4.91. The maximum atomic E-state index is 11.1. The lowest BCUT2D eigenvalue weighted by atomic mass is 10.3. The van der Waals surface area contributed by atoms with E-state index in [9.17, 15) is 4.21 Å². The molecule has 0 aromatic heterocycles. The highest BCUT2D eigenvalue weighted by atomic mass is 32.2. The third-order valence-electron chi connectivity index (χ3n) is 2.47. The van der Waals surface area contributed by atoms with Crippen molar-refractivity contribution in [2.24, 2.45) is 0 Å². The molecule has 2 unspecified atom stereocenters. The molecule has 0 aliphatic carbocycles. The number of hydrogen-bond donors (Lipinski definition) is 1. The molecule has 1 rings (SSSR count). The van der Waals surface area contributed by atoms with Crippen molar-refractivity contribution in [3.63, 3.8) is 0 Å². The zero-order valence-corrected chi connectivity index (χ0v) is 9.40. The second kappa shape index (κ2) is 5.73. The molecule has 0 aromatic rings. The second-order valence-electron chi connectivity index (χ2n) is 3.73. The lowest BCUT2D eigenvalue weighted by molar-refractivity contribution is 0.240. The topological polar surface area (TPSA) is 32.3 Å². The van der Waals surface area contributed by atoms with Gasteiger partial charge < -0.3 is 5.32 Å². The molecule has 0 aromatic carbocycles. The van der Waals surface area contributed by atoms with Gasteiger partial charge in [0.05, 0.1) is 0 Å². The second-order valence-corrected chi connectivity index (χ2v) is 5.21. The summed E-state index contributed by atoms with van der Waals surface area (Å²) in [6, 6.07) is 0.464. The Morgan fingerprint density at radius 2 is 2.23 bits per heavy atom. The first-order valence-corrected chi connectivity index (χ1v) is 6.67. The van der Waals surface area contributed by atoms with Gasteiger partial charge in [-0.2, -0.15) is 0 Å². The summed E-state index contributed by atoms with van der Waals surface area (Å²) in [5.74, 6) is 0.806. The van der Waals surface area contributed by atoms with Crippen LogP contribution in [-0.2, 0) is 10.8 Å². The Labute approximate surface area is 83.3 Å². The zero-order valence-electron chi connectivity index (χ0n) is 8.58. The van der Waals surface area contributed by atoms with Gasteiger partial charge in [0.1, 0.15) is 0 Å². The summed E-state index contributed by atoms with van der Waals surface area (Å²) in [7, 11) is -0.665. The Morgan fingerprint density at radius 1 is 1.46 bits per heavy atom. The summed E-state index contributed by atoms with van der Waals surface area (Å²) in [5.41, 5.74) is 0. The molecule has 0 bridgehead atoms. The average molecular weight is 204 g/mol. The van der Waals surface area contributed by atoms with Crippen LogP contribution in [-0.4, -0.2) is 53.3 Å². The Morgan fingerprint density at radius 3 is 2.92 bits per heavy atom. The van der Waals surface area contributed by atoms with Crippen molar-refractivity contribution in [3.05, 3.63) is 0 Å². The fourth-order valence-electron chi connectivity index (χ4n) is 1.75. The molecule has 0 radical (unpaired) electrons. The van der Waals surface area contributed by atoms with Gasteiger partial charge in [-0.1, -0.05) is 0 Å². The third-order valence-corrected chi connectivity index (χ3v) is 3.43. The van der Waals surface area contributed by atoms with Crippen LogP contribution in [0.15, 0.2) is 0 Å². The molecule has 1 fully saturated rings. The fraction of sp³-hybridized carbons (Fsp3) is 1.00. The van der Waals surface area contributed by atoms with E-state index >= 15 is 0 Å². The number of hydrogen-bond acceptors (Lipinski definition) is 3. The lowest BCUT2D eigenvalue weighted by Gasteiger charge is -2.26. The quantitative estimate of drug-likeness (QED) is 0.705. The van der Waals surface area contributed by atoms with E-state index in [1.54, 1.807) is 6.26 Å². The van der Waals surface area contributed by atoms with E-state index in [0.717, 1.165) is 31.9 Å². The first kappa shape index (κ1) is 11.1. The van der Waals surface area contributed by atoms with E-state index in [2.05, 4.69) is 17.1 Å². The molecule has 1 aliphatic rings. The van der Waals surface area contributed by atoms with Crippen molar-refractivity contribution in [3.8, 4) is 0 Å². The van der Waals surface area contributed by atoms with Crippen molar-refractivity contribution in [2.75, 3.05) is 38.2 Å². The van der Waals surface area contributed by atoms with Gasteiger partial charge in [0, 0.05) is 41.9 Å². The standard InChI is InChI=1S/C9H20N2OS/c1-9(8-13(2)12)11-6-3-4-10-5-7-11/h9-10H,3-8H2,1-2H3. The summed E-state index contributed by atoms with van der Waals surface area (Å²) in [6.45, 7) is 6.61. The molecule has 1 heterocycles. The van der Waals surface area contributed by atoms with Crippen molar-refractivity contribution >= 4 is 10.8 Å². The van der Waals surface area contributed by atoms with Gasteiger partial charge in [-0.15, -0.1) is 0 Å². The third kappa shape index (κ3) is 4.20. The highest BCUT2D eigenvalue weighted by Gasteiger charge is 2.15. The molecule has 0 saturated carbocycles. The van der Waals surface area contributed by atoms with E-state index in [4.69, 9.17) is 0 Å². The van der Waals surface area contributed by atoms with E-state index < -0.39 is 10.8 Å². The van der Waals surface area contributed by atoms with Crippen molar-refractivity contribution < 1.29 is 4.21 Å². The van der Waals surface area contributed by atoms with Crippen LogP contribution in [0.3, 0.4) is 0 Å². The highest BCUT2D eigenvalue weighted by Crippen LogP contribution is 2.03. The first-order valence-electron chi connectivity index (χ1n) is 4.95. The minimum atomic E-state index is -0.665. The van der Waals surface area contributed by atoms with Gasteiger partial charge in [-0.05, 0) is 26.4 Å². The van der Waals surface area contributed by atoms with Crippen LogP contribution >= 0.6 is 0 Å². The normalized spacial score (nSPS) is 25.1. The summed E-state index contributed by atoms with van der Waals surface area (Å²) in [5, 5.41) is 3.37. The molecule has 4 heteroatoms. The van der Waals surface area contributed by atoms with Crippen molar-refractivity contribution in [1.82, 2.24) is 10.2 Å². The monoisotopic (exact) mass is 204 g/mol. The molecule has 13 heavy (non-hydrogen) atoms. The van der Waals surface area contributed by atoms with Crippen LogP contribution < -0.4 is 5.32 Å². The van der Waals surface area contributed by atoms with Gasteiger partial charge in [-0.3, -0.25) is 9.11 Å². The summed E-state index contributed by atoms with van der Waals surface area (Å²) in [4.78, 5) is 2.43. The van der Waals surface area contributed by atoms with Crippen LogP contribution in [0.2, 0.25) is 0 Å². The van der Waals surface area contributed by atoms with Crippen LogP contribution in [0, 0.1) is 0 Å². The Hall–Kier alpha value is 0.0700. The largest absolute Gasteiger partial charge is 0.315 e. The van der Waals surface area contributed by atoms with Gasteiger partial charge in [0.15, 0.2) is 0 Å². The van der Waals surface area contributed by atoms with E-state index in [-0.39, 0.29) is 0 Å². The fourth-order valence-corrected chi connectivity index (χ4v) is 2.64. The molecular formula is C9H20N2OS. The summed E-state index contributed by atoms with van der Waals surface area (Å²) >= 11 is 0. The Balaban J connectivity index is 2.34. The molecule has 1 aliphatic heterocycles. The Bertz CT molecular complexity index is 167. The molecular weight excluding hydrogens is 184 g/mol. The minimum absolute atomic E-state index is 0.464. The first-order chi connectivity index (χ1) is 6.20. The van der Waals surface area contributed by atoms with E-state index in [1.807, 2.05) is 0 Å². The molecule has 0 amide bonds. The van der Waals surface area contributed by atoms with Crippen LogP contribution in [0.4, 0.5) is 0 Å². The van der Waals surface area contributed by atoms with E-state index in [1.165, 1.54) is 6.42 Å². The molecule has 1 N–H and O–H groups in total. The van der Waals surface area contributed by atoms with Crippen molar-refractivity contribution in [1.29, 1.82) is 0 Å². The SMILES string of the molecule is CC(CS(C)=O)N1CCCNCC1. The van der Waals surface area contributed by atoms with Gasteiger partial charge in [-0.25, -0.2) is 0 Å². The number of nitrogens with zero attached hydrogens (tertiary/aromatic N) is 1. The predicted octanol–water partition coefficient (Wildman–Crippen LogP) is 0.0487. The average Bonchev–Trinajstić information content (AvgIpc) is 2.29. The molecule has 3 nitrogen and oxygen atoms in total. The van der Waals surface area contributed by atoms with Crippen molar-refractivity contribution in [2.45, 2.75) is 19.4 Å². The number of rotatable bonds is 3. The predicted molar refractivity (Wildman–Crippen MR) is 57.5 cm³/mol. The maximum Gasteiger partial charge on any atom is 0.0385 e. The van der Waals surface area contributed by atoms with E-state index in [0.29, 0.717) is 6.04 Å². The molecule has 1 saturated heterocycles. The summed E-state index contributed by atoms with van der Waals surface area (Å²) < 4.78 is 11.1. The van der Waals surface area contributed by atoms with Gasteiger partial charge in [0.2, 0.25) is 0 Å². The molecule has 78 valence electrons. The van der Waals surface area contributed by atoms with Crippen LogP contribution in [0.25, 0.3) is 0 Å². The summed E-state index contributed by atoms with van der Waals surface area (Å²) in [6.07, 6.45) is 2.99. The highest BCUT2D eigenvalue weighted by molar-refractivity contribution is 7.84. The van der Waals surface area contributed by atoms with Gasteiger partial charge in [0.25, 0.3) is 0 Å².